The van der Waals surface area contributed by atoms with Crippen molar-refractivity contribution in [3.8, 4) is 5.75 Å². The molecule has 2 atom stereocenters. The van der Waals surface area contributed by atoms with Gasteiger partial charge in [0.2, 0.25) is 11.8 Å². The molecule has 2 aromatic rings. The predicted molar refractivity (Wildman–Crippen MR) is 139 cm³/mol. The van der Waals surface area contributed by atoms with E-state index in [2.05, 4.69) is 23.7 Å². The number of nitrogens with zero attached hydrogens (tertiary/aromatic N) is 4. The molecule has 0 aliphatic carbocycles. The highest BCUT2D eigenvalue weighted by molar-refractivity contribution is 5.96. The van der Waals surface area contributed by atoms with Crippen molar-refractivity contribution in [1.82, 2.24) is 4.98 Å². The average Bonchev–Trinajstić information content (AvgIpc) is 3.33. The molecule has 36 heavy (non-hydrogen) atoms. The van der Waals surface area contributed by atoms with E-state index in [-0.39, 0.29) is 13.0 Å². The highest BCUT2D eigenvalue weighted by Gasteiger charge is 2.23. The topological polar surface area (TPSA) is 134 Å². The minimum absolute atomic E-state index is 0.0704. The molecule has 3 rings (SSSR count). The predicted octanol–water partition coefficient (Wildman–Crippen LogP) is 2.24. The van der Waals surface area contributed by atoms with Gasteiger partial charge in [0.05, 0.1) is 11.8 Å². The molecular weight excluding hydrogens is 462 g/mol. The normalized spacial score (nSPS) is 14.8. The summed E-state index contributed by atoms with van der Waals surface area (Å²) < 4.78 is 11.8. The van der Waals surface area contributed by atoms with E-state index in [9.17, 15) is 15.0 Å². The van der Waals surface area contributed by atoms with Crippen molar-refractivity contribution < 1.29 is 24.5 Å². The molecule has 10 heteroatoms. The Hall–Kier alpha value is -3.37. The van der Waals surface area contributed by atoms with Gasteiger partial charge in [-0.05, 0) is 63.4 Å². The lowest BCUT2D eigenvalue weighted by molar-refractivity contribution is -0.127. The smallest absolute Gasteiger partial charge is 0.246 e. The summed E-state index contributed by atoms with van der Waals surface area (Å²) >= 11 is 0. The van der Waals surface area contributed by atoms with Gasteiger partial charge in [-0.15, -0.1) is 5.10 Å². The van der Waals surface area contributed by atoms with Crippen LogP contribution in [0.3, 0.4) is 0 Å². The standard InChI is InChI=1S/C26H37N5O5/c1-6-18-11-19(9-16(4)24(18)35-14-21(32)13-22(33)25(27)34)26-29-31(15-36-26)20-10-17(5)28-23(12-20)30(7-2)8-3/h9-12,21-22,32-33H,6-8,13-15H2,1-5H3,(H2,27,34)/t21-,22?/m0/s1. The number of amides is 1. The van der Waals surface area contributed by atoms with Crippen molar-refractivity contribution in [2.24, 2.45) is 10.8 Å². The minimum atomic E-state index is -1.41. The number of hydrazone groups is 1. The van der Waals surface area contributed by atoms with Gasteiger partial charge in [0.15, 0.2) is 6.73 Å². The monoisotopic (exact) mass is 499 g/mol. The zero-order valence-corrected chi connectivity index (χ0v) is 21.7. The summed E-state index contributed by atoms with van der Waals surface area (Å²) in [5.41, 5.74) is 9.50. The van der Waals surface area contributed by atoms with Gasteiger partial charge < -0.3 is 30.3 Å². The molecular formula is C26H37N5O5. The Kier molecular flexibility index (Phi) is 9.11. The summed E-state index contributed by atoms with van der Waals surface area (Å²) in [6, 6.07) is 7.91. The zero-order valence-electron chi connectivity index (χ0n) is 21.7. The molecule has 1 aliphatic heterocycles. The largest absolute Gasteiger partial charge is 0.490 e. The Morgan fingerprint density at radius 3 is 2.56 bits per heavy atom. The Morgan fingerprint density at radius 2 is 1.92 bits per heavy atom. The molecule has 0 fully saturated rings. The quantitative estimate of drug-likeness (QED) is 0.405. The minimum Gasteiger partial charge on any atom is -0.490 e. The van der Waals surface area contributed by atoms with Crippen LogP contribution in [0.2, 0.25) is 0 Å². The van der Waals surface area contributed by atoms with Gasteiger partial charge in [-0.3, -0.25) is 4.79 Å². The number of nitrogens with two attached hydrogens (primary N) is 1. The van der Waals surface area contributed by atoms with E-state index in [0.29, 0.717) is 24.8 Å². The molecule has 4 N–H and O–H groups in total. The van der Waals surface area contributed by atoms with E-state index in [4.69, 9.17) is 20.3 Å². The summed E-state index contributed by atoms with van der Waals surface area (Å²) in [6.45, 7) is 12.1. The Labute approximate surface area is 212 Å². The first-order valence-electron chi connectivity index (χ1n) is 12.3. The van der Waals surface area contributed by atoms with Gasteiger partial charge in [-0.2, -0.15) is 0 Å². The first kappa shape index (κ1) is 27.2. The van der Waals surface area contributed by atoms with Crippen LogP contribution in [0.4, 0.5) is 11.5 Å². The Balaban J connectivity index is 1.79. The van der Waals surface area contributed by atoms with Crippen molar-refractivity contribution in [3.05, 3.63) is 46.6 Å². The number of aryl methyl sites for hydroxylation is 3. The van der Waals surface area contributed by atoms with Crippen LogP contribution in [-0.2, 0) is 16.0 Å². The van der Waals surface area contributed by atoms with E-state index in [1.807, 2.05) is 50.0 Å². The van der Waals surface area contributed by atoms with Crippen molar-refractivity contribution >= 4 is 23.3 Å². The zero-order chi connectivity index (χ0) is 26.4. The number of aliphatic hydroxyl groups is 2. The number of rotatable bonds is 12. The molecule has 1 aromatic carbocycles. The molecule has 2 heterocycles. The SMILES string of the molecule is CCc1cc(C2=NN(c3cc(C)nc(N(CC)CC)c3)CO2)cc(C)c1OC[C@@H](O)CC(O)C(N)=O. The molecule has 10 nitrogen and oxygen atoms in total. The third-order valence-corrected chi connectivity index (χ3v) is 6.07. The summed E-state index contributed by atoms with van der Waals surface area (Å²) in [4.78, 5) is 17.9. The molecule has 196 valence electrons. The van der Waals surface area contributed by atoms with Crippen LogP contribution in [0, 0.1) is 13.8 Å². The maximum absolute atomic E-state index is 11.0. The third-order valence-electron chi connectivity index (χ3n) is 6.07. The Morgan fingerprint density at radius 1 is 1.19 bits per heavy atom. The fraction of sp³-hybridized carbons (Fsp3) is 0.500. The van der Waals surface area contributed by atoms with Gasteiger partial charge >= 0.3 is 0 Å². The second kappa shape index (κ2) is 12.0. The number of aromatic nitrogens is 1. The molecule has 0 radical (unpaired) electrons. The number of anilines is 2. The average molecular weight is 500 g/mol. The fourth-order valence-electron chi connectivity index (χ4n) is 4.12. The van der Waals surface area contributed by atoms with E-state index in [1.165, 1.54) is 0 Å². The molecule has 1 amide bonds. The van der Waals surface area contributed by atoms with Crippen molar-refractivity contribution in [2.45, 2.75) is 59.7 Å². The summed E-state index contributed by atoms with van der Waals surface area (Å²) in [5.74, 6) is 1.21. The summed E-state index contributed by atoms with van der Waals surface area (Å²) in [6.07, 6.45) is -1.93. The number of hydrogen-bond donors (Lipinski definition) is 3. The third kappa shape index (κ3) is 6.44. The second-order valence-corrected chi connectivity index (χ2v) is 8.83. The number of ether oxygens (including phenoxy) is 2. The number of benzene rings is 1. The maximum atomic E-state index is 11.0. The first-order chi connectivity index (χ1) is 17.2. The van der Waals surface area contributed by atoms with Gasteiger partial charge in [-0.25, -0.2) is 9.99 Å². The number of carbonyl (C=O) groups is 1. The van der Waals surface area contributed by atoms with Crippen molar-refractivity contribution in [1.29, 1.82) is 0 Å². The van der Waals surface area contributed by atoms with Crippen LogP contribution >= 0.6 is 0 Å². The van der Waals surface area contributed by atoms with Crippen molar-refractivity contribution in [3.63, 3.8) is 0 Å². The van der Waals surface area contributed by atoms with Crippen LogP contribution in [0.1, 0.15) is 49.6 Å². The molecule has 0 saturated carbocycles. The summed E-state index contributed by atoms with van der Waals surface area (Å²) in [7, 11) is 0. The number of pyridine rings is 1. The van der Waals surface area contributed by atoms with Crippen LogP contribution in [0.15, 0.2) is 29.4 Å². The number of carbonyl (C=O) groups excluding carboxylic acids is 1. The maximum Gasteiger partial charge on any atom is 0.246 e. The van der Waals surface area contributed by atoms with Crippen LogP contribution in [0.25, 0.3) is 0 Å². The molecule has 0 saturated heterocycles. The number of aliphatic hydroxyl groups excluding tert-OH is 2. The van der Waals surface area contributed by atoms with E-state index < -0.39 is 18.1 Å². The van der Waals surface area contributed by atoms with E-state index in [0.717, 1.165) is 47.0 Å². The second-order valence-electron chi connectivity index (χ2n) is 8.83. The fourth-order valence-corrected chi connectivity index (χ4v) is 4.12. The van der Waals surface area contributed by atoms with E-state index in [1.54, 1.807) is 0 Å². The lowest BCUT2D eigenvalue weighted by atomic mass is 10.0. The van der Waals surface area contributed by atoms with Crippen LogP contribution in [0.5, 0.6) is 5.75 Å². The van der Waals surface area contributed by atoms with Crippen LogP contribution < -0.4 is 20.4 Å². The Bertz CT molecular complexity index is 1100. The molecule has 1 unspecified atom stereocenters. The first-order valence-corrected chi connectivity index (χ1v) is 12.3. The molecule has 0 bridgehead atoms. The van der Waals surface area contributed by atoms with Gasteiger partial charge in [0.25, 0.3) is 0 Å². The van der Waals surface area contributed by atoms with Gasteiger partial charge in [-0.1, -0.05) is 6.92 Å². The highest BCUT2D eigenvalue weighted by Crippen LogP contribution is 2.30. The van der Waals surface area contributed by atoms with Crippen LogP contribution in [-0.4, -0.2) is 65.6 Å². The van der Waals surface area contributed by atoms with Gasteiger partial charge in [0, 0.05) is 36.8 Å². The van der Waals surface area contributed by atoms with Gasteiger partial charge in [0.1, 0.15) is 24.3 Å². The lowest BCUT2D eigenvalue weighted by Crippen LogP contribution is -2.33. The molecule has 1 aliphatic rings. The molecule has 0 spiro atoms. The number of primary amides is 1. The van der Waals surface area contributed by atoms with E-state index >= 15 is 0 Å². The highest BCUT2D eigenvalue weighted by atomic mass is 16.5. The molecule has 1 aromatic heterocycles. The lowest BCUT2D eigenvalue weighted by Gasteiger charge is -2.22. The van der Waals surface area contributed by atoms with Crippen molar-refractivity contribution in [2.75, 3.05) is 36.3 Å². The summed E-state index contributed by atoms with van der Waals surface area (Å²) in [5, 5.41) is 26.2. The number of hydrogen-bond acceptors (Lipinski definition) is 9.